The highest BCUT2D eigenvalue weighted by Crippen LogP contribution is 2.18. The van der Waals surface area contributed by atoms with Gasteiger partial charge in [-0.1, -0.05) is 55.5 Å². The molecule has 1 aromatic heterocycles. The van der Waals surface area contributed by atoms with Gasteiger partial charge < -0.3 is 10.0 Å². The van der Waals surface area contributed by atoms with E-state index < -0.39 is 0 Å². The van der Waals surface area contributed by atoms with Gasteiger partial charge in [0.05, 0.1) is 29.7 Å². The van der Waals surface area contributed by atoms with Crippen LogP contribution in [0.5, 0.6) is 0 Å². The van der Waals surface area contributed by atoms with Crippen molar-refractivity contribution < 1.29 is 9.90 Å². The quantitative estimate of drug-likeness (QED) is 0.713. The molecule has 0 fully saturated rings. The second-order valence-corrected chi connectivity index (χ2v) is 6.04. The first kappa shape index (κ1) is 17.9. The van der Waals surface area contributed by atoms with Crippen molar-refractivity contribution in [2.45, 2.75) is 19.9 Å². The minimum Gasteiger partial charge on any atom is -0.395 e. The van der Waals surface area contributed by atoms with E-state index in [1.54, 1.807) is 11.1 Å². The molecule has 5 heteroatoms. The molecule has 26 heavy (non-hydrogen) atoms. The molecule has 2 aromatic carbocycles. The molecular weight excluding hydrogens is 326 g/mol. The molecule has 0 aliphatic carbocycles. The number of para-hydroxylation sites is 1. The van der Waals surface area contributed by atoms with Gasteiger partial charge in [0.2, 0.25) is 0 Å². The van der Waals surface area contributed by atoms with E-state index in [-0.39, 0.29) is 19.1 Å². The zero-order valence-electron chi connectivity index (χ0n) is 14.9. The van der Waals surface area contributed by atoms with Gasteiger partial charge in [-0.05, 0) is 24.1 Å². The maximum Gasteiger partial charge on any atom is 0.257 e. The summed E-state index contributed by atoms with van der Waals surface area (Å²) in [5, 5.41) is 13.8. The predicted octanol–water partition coefficient (Wildman–Crippen LogP) is 3.07. The third-order valence-corrected chi connectivity index (χ3v) is 4.31. The van der Waals surface area contributed by atoms with E-state index in [1.807, 2.05) is 72.3 Å². The molecule has 1 N–H and O–H groups in total. The fraction of sp³-hybridized carbons (Fsp3) is 0.238. The molecule has 0 aliphatic rings. The van der Waals surface area contributed by atoms with E-state index in [4.69, 9.17) is 0 Å². The van der Waals surface area contributed by atoms with Crippen molar-refractivity contribution in [1.29, 1.82) is 0 Å². The minimum absolute atomic E-state index is 0.0765. The Bertz CT molecular complexity index is 844. The van der Waals surface area contributed by atoms with Crippen LogP contribution in [0.15, 0.2) is 66.9 Å². The highest BCUT2D eigenvalue weighted by molar-refractivity contribution is 5.95. The molecule has 0 aliphatic heterocycles. The lowest BCUT2D eigenvalue weighted by Gasteiger charge is -2.22. The summed E-state index contributed by atoms with van der Waals surface area (Å²) >= 11 is 0. The number of aromatic nitrogens is 2. The molecule has 1 heterocycles. The Morgan fingerprint density at radius 3 is 2.35 bits per heavy atom. The van der Waals surface area contributed by atoms with Gasteiger partial charge in [0.25, 0.3) is 5.91 Å². The summed E-state index contributed by atoms with van der Waals surface area (Å²) in [5.41, 5.74) is 3.42. The normalized spacial score (nSPS) is 10.7. The summed E-state index contributed by atoms with van der Waals surface area (Å²) in [7, 11) is 0. The van der Waals surface area contributed by atoms with Crippen molar-refractivity contribution in [1.82, 2.24) is 14.7 Å². The zero-order chi connectivity index (χ0) is 18.4. The van der Waals surface area contributed by atoms with Gasteiger partial charge in [0.1, 0.15) is 0 Å². The molecule has 3 aromatic rings. The van der Waals surface area contributed by atoms with Crippen LogP contribution >= 0.6 is 0 Å². The van der Waals surface area contributed by atoms with Crippen LogP contribution in [0, 0.1) is 0 Å². The highest BCUT2D eigenvalue weighted by Gasteiger charge is 2.22. The number of hydrogen-bond acceptors (Lipinski definition) is 3. The summed E-state index contributed by atoms with van der Waals surface area (Å²) in [6.07, 6.45) is 2.32. The number of rotatable bonds is 7. The molecule has 0 radical (unpaired) electrons. The van der Waals surface area contributed by atoms with Crippen LogP contribution in [0.4, 0.5) is 0 Å². The molecule has 0 bridgehead atoms. The van der Waals surface area contributed by atoms with Gasteiger partial charge in [0.15, 0.2) is 0 Å². The Labute approximate surface area is 153 Å². The van der Waals surface area contributed by atoms with Gasteiger partial charge >= 0.3 is 0 Å². The second kappa shape index (κ2) is 8.45. The number of hydrogen-bond donors (Lipinski definition) is 1. The van der Waals surface area contributed by atoms with Crippen LogP contribution in [0.3, 0.4) is 0 Å². The number of aliphatic hydroxyl groups excluding tert-OH is 1. The fourth-order valence-corrected chi connectivity index (χ4v) is 3.03. The lowest BCUT2D eigenvalue weighted by Crippen LogP contribution is -2.33. The van der Waals surface area contributed by atoms with Crippen LogP contribution in [0.1, 0.15) is 28.5 Å². The van der Waals surface area contributed by atoms with Crippen LogP contribution in [0.2, 0.25) is 0 Å². The van der Waals surface area contributed by atoms with E-state index in [2.05, 4.69) is 5.10 Å². The molecule has 0 saturated heterocycles. The summed E-state index contributed by atoms with van der Waals surface area (Å²) < 4.78 is 1.81. The van der Waals surface area contributed by atoms with Crippen molar-refractivity contribution in [3.8, 4) is 5.69 Å². The lowest BCUT2D eigenvalue weighted by molar-refractivity contribution is 0.0706. The lowest BCUT2D eigenvalue weighted by atomic mass is 10.1. The molecule has 0 atom stereocenters. The van der Waals surface area contributed by atoms with Crippen LogP contribution in [0.25, 0.3) is 5.69 Å². The number of carbonyl (C=O) groups is 1. The van der Waals surface area contributed by atoms with E-state index in [9.17, 15) is 9.90 Å². The summed E-state index contributed by atoms with van der Waals surface area (Å²) in [6.45, 7) is 2.68. The van der Waals surface area contributed by atoms with Gasteiger partial charge in [0, 0.05) is 13.1 Å². The number of benzene rings is 2. The van der Waals surface area contributed by atoms with E-state index >= 15 is 0 Å². The zero-order valence-corrected chi connectivity index (χ0v) is 14.9. The average Bonchev–Trinajstić information content (AvgIpc) is 3.12. The summed E-state index contributed by atoms with van der Waals surface area (Å²) in [5.74, 6) is -0.109. The van der Waals surface area contributed by atoms with Gasteiger partial charge in [-0.25, -0.2) is 4.68 Å². The van der Waals surface area contributed by atoms with E-state index in [1.165, 1.54) is 0 Å². The Morgan fingerprint density at radius 2 is 1.73 bits per heavy atom. The Balaban J connectivity index is 1.91. The maximum atomic E-state index is 13.1. The Kier molecular flexibility index (Phi) is 5.81. The maximum absolute atomic E-state index is 13.1. The van der Waals surface area contributed by atoms with Crippen LogP contribution < -0.4 is 0 Å². The van der Waals surface area contributed by atoms with E-state index in [0.717, 1.165) is 16.9 Å². The Hall–Kier alpha value is -2.92. The molecule has 1 amide bonds. The third kappa shape index (κ3) is 3.83. The van der Waals surface area contributed by atoms with Gasteiger partial charge in [-0.15, -0.1) is 0 Å². The number of aliphatic hydroxyl groups is 1. The topological polar surface area (TPSA) is 58.4 Å². The third-order valence-electron chi connectivity index (χ3n) is 4.31. The molecule has 0 unspecified atom stereocenters. The number of amides is 1. The van der Waals surface area contributed by atoms with Crippen molar-refractivity contribution in [2.75, 3.05) is 13.2 Å². The van der Waals surface area contributed by atoms with Crippen LogP contribution in [-0.2, 0) is 13.0 Å². The first-order chi connectivity index (χ1) is 12.7. The van der Waals surface area contributed by atoms with Crippen molar-refractivity contribution in [3.05, 3.63) is 83.7 Å². The van der Waals surface area contributed by atoms with Crippen molar-refractivity contribution >= 4 is 5.91 Å². The molecule has 0 saturated carbocycles. The first-order valence-corrected chi connectivity index (χ1v) is 8.81. The Morgan fingerprint density at radius 1 is 1.08 bits per heavy atom. The first-order valence-electron chi connectivity index (χ1n) is 8.81. The monoisotopic (exact) mass is 349 g/mol. The largest absolute Gasteiger partial charge is 0.395 e. The number of carbonyl (C=O) groups excluding carboxylic acids is 1. The molecule has 3 rings (SSSR count). The predicted molar refractivity (Wildman–Crippen MR) is 101 cm³/mol. The smallest absolute Gasteiger partial charge is 0.257 e. The highest BCUT2D eigenvalue weighted by atomic mass is 16.3. The van der Waals surface area contributed by atoms with E-state index in [0.29, 0.717) is 18.5 Å². The van der Waals surface area contributed by atoms with Crippen molar-refractivity contribution in [3.63, 3.8) is 0 Å². The fourth-order valence-electron chi connectivity index (χ4n) is 3.03. The minimum atomic E-state index is -0.109. The SMILES string of the molecule is CCc1c(C(=O)N(CCO)Cc2ccccc2)cnn1-c1ccccc1. The van der Waals surface area contributed by atoms with Crippen LogP contribution in [-0.4, -0.2) is 38.8 Å². The van der Waals surface area contributed by atoms with Gasteiger partial charge in [-0.3, -0.25) is 4.79 Å². The molecular formula is C21H23N3O2. The summed E-state index contributed by atoms with van der Waals surface area (Å²) in [6, 6.07) is 19.6. The molecule has 0 spiro atoms. The van der Waals surface area contributed by atoms with Crippen molar-refractivity contribution in [2.24, 2.45) is 0 Å². The standard InChI is InChI=1S/C21H23N3O2/c1-2-20-19(15-22-24(20)18-11-7-4-8-12-18)21(26)23(13-14-25)16-17-9-5-3-6-10-17/h3-12,15,25H,2,13-14,16H2,1H3. The summed E-state index contributed by atoms with van der Waals surface area (Å²) in [4.78, 5) is 14.8. The number of nitrogens with zero attached hydrogens (tertiary/aromatic N) is 3. The molecule has 134 valence electrons. The molecule has 5 nitrogen and oxygen atoms in total. The van der Waals surface area contributed by atoms with Gasteiger partial charge in [-0.2, -0.15) is 5.10 Å². The average molecular weight is 349 g/mol. The second-order valence-electron chi connectivity index (χ2n) is 6.04.